The third-order valence-corrected chi connectivity index (χ3v) is 14.7. The average Bonchev–Trinajstić information content (AvgIpc) is 4.29. The van der Waals surface area contributed by atoms with Gasteiger partial charge in [-0.1, -0.05) is 46.4 Å². The summed E-state index contributed by atoms with van der Waals surface area (Å²) in [6.07, 6.45) is 3.14. The molecule has 29 heteroatoms. The molecule has 0 aliphatic heterocycles. The number of nitrogens with zero attached hydrogens (tertiary/aromatic N) is 17. The van der Waals surface area contributed by atoms with E-state index in [9.17, 15) is 10.1 Å². The molecule has 0 aliphatic carbocycles. The fraction of sp³-hybridized carbons (Fsp3) is 0.420. The zero-order valence-electron chi connectivity index (χ0n) is 48.3. The molecule has 9 aromatic rings. The number of nitrogens with one attached hydrogen (secondary N) is 4. The number of aromatic amines is 4. The highest BCUT2D eigenvalue weighted by atomic mass is 79.9. The van der Waals surface area contributed by atoms with Crippen LogP contribution in [0.3, 0.4) is 0 Å². The van der Waals surface area contributed by atoms with Crippen molar-refractivity contribution in [2.75, 3.05) is 0 Å². The number of imidazole rings is 9. The smallest absolute Gasteiger partial charge is 0.358 e. The van der Waals surface area contributed by atoms with Gasteiger partial charge in [0.05, 0.1) is 46.8 Å². The largest absolute Gasteiger partial charge is 0.384 e. The van der Waals surface area contributed by atoms with Crippen molar-refractivity contribution in [3.8, 4) is 12.1 Å². The van der Waals surface area contributed by atoms with Gasteiger partial charge in [-0.15, -0.1) is 0 Å². The van der Waals surface area contributed by atoms with Gasteiger partial charge in [-0.05, 0) is 146 Å². The summed E-state index contributed by atoms with van der Waals surface area (Å²) in [7, 11) is 9.45. The van der Waals surface area contributed by atoms with Crippen LogP contribution in [0.5, 0.6) is 0 Å². The Bertz CT molecular complexity index is 3130. The van der Waals surface area contributed by atoms with Gasteiger partial charge in [0.2, 0.25) is 5.82 Å². The van der Waals surface area contributed by atoms with Crippen molar-refractivity contribution in [2.45, 2.75) is 111 Å². The Morgan fingerprint density at radius 3 is 1.10 bits per heavy atom. The molecular formula is C50H69Br2Cl4N21O2. The molecule has 0 aliphatic rings. The van der Waals surface area contributed by atoms with Gasteiger partial charge in [0.25, 0.3) is 0 Å². The van der Waals surface area contributed by atoms with Crippen LogP contribution in [0.25, 0.3) is 0 Å². The van der Waals surface area contributed by atoms with Gasteiger partial charge in [0.15, 0.2) is 11.4 Å². The number of aromatic nitrogens is 18. The minimum absolute atomic E-state index is 0.0509. The van der Waals surface area contributed by atoms with Crippen LogP contribution >= 0.6 is 78.3 Å². The fourth-order valence-electron chi connectivity index (χ4n) is 5.87. The summed E-state index contributed by atoms with van der Waals surface area (Å²) in [6, 6.07) is 3.92. The molecule has 79 heavy (non-hydrogen) atoms. The van der Waals surface area contributed by atoms with E-state index < -0.39 is 4.92 Å². The Kier molecular flexibility index (Phi) is 29.5. The van der Waals surface area contributed by atoms with Gasteiger partial charge in [0.1, 0.15) is 82.6 Å². The van der Waals surface area contributed by atoms with Crippen LogP contribution in [-0.2, 0) is 35.2 Å². The Balaban J connectivity index is 0.000000445. The van der Waals surface area contributed by atoms with Crippen LogP contribution in [-0.4, -0.2) is 92.6 Å². The van der Waals surface area contributed by atoms with Crippen LogP contribution in [0, 0.1) is 144 Å². The van der Waals surface area contributed by atoms with Gasteiger partial charge in [-0.25, -0.2) is 39.9 Å². The zero-order valence-corrected chi connectivity index (χ0v) is 54.5. The number of aryl methyl sites for hydroxylation is 14. The molecule has 0 unspecified atom stereocenters. The topological polar surface area (TPSA) is 295 Å². The van der Waals surface area contributed by atoms with E-state index in [1.54, 1.807) is 31.8 Å². The van der Waals surface area contributed by atoms with Crippen molar-refractivity contribution < 1.29 is 4.92 Å². The number of nitriles is 2. The summed E-state index contributed by atoms with van der Waals surface area (Å²) in [6.45, 7) is 30.2. The third kappa shape index (κ3) is 22.2. The normalized spacial score (nSPS) is 9.78. The van der Waals surface area contributed by atoms with E-state index in [0.717, 1.165) is 94.9 Å². The number of nitro groups is 1. The van der Waals surface area contributed by atoms with Gasteiger partial charge in [-0.3, -0.25) is 0 Å². The van der Waals surface area contributed by atoms with Crippen LogP contribution in [0.15, 0.2) is 21.9 Å². The van der Waals surface area contributed by atoms with E-state index in [1.807, 2.05) is 156 Å². The molecule has 9 heterocycles. The molecule has 0 bridgehead atoms. The molecule has 0 atom stereocenters. The van der Waals surface area contributed by atoms with Crippen molar-refractivity contribution in [1.29, 1.82) is 10.5 Å². The van der Waals surface area contributed by atoms with E-state index in [1.165, 1.54) is 6.33 Å². The Morgan fingerprint density at radius 2 is 0.962 bits per heavy atom. The van der Waals surface area contributed by atoms with E-state index in [0.29, 0.717) is 38.4 Å². The van der Waals surface area contributed by atoms with Gasteiger partial charge in [0, 0.05) is 53.5 Å². The lowest BCUT2D eigenvalue weighted by molar-refractivity contribution is -0.390. The van der Waals surface area contributed by atoms with Gasteiger partial charge in [-0.2, -0.15) is 10.5 Å². The van der Waals surface area contributed by atoms with Crippen molar-refractivity contribution in [2.24, 2.45) is 35.2 Å². The number of H-pyrrole nitrogens is 4. The van der Waals surface area contributed by atoms with Crippen LogP contribution < -0.4 is 0 Å². The average molecular weight is 1300 g/mol. The van der Waals surface area contributed by atoms with Crippen LogP contribution in [0.4, 0.5) is 5.82 Å². The second kappa shape index (κ2) is 33.1. The molecule has 9 aromatic heterocycles. The van der Waals surface area contributed by atoms with Gasteiger partial charge < -0.3 is 52.9 Å². The molecule has 0 amide bonds. The molecule has 0 aromatic carbocycles. The fourth-order valence-corrected chi connectivity index (χ4v) is 7.34. The zero-order chi connectivity index (χ0) is 60.9. The summed E-state index contributed by atoms with van der Waals surface area (Å²) >= 11 is 29.4. The number of rotatable bonds is 1. The molecule has 23 nitrogen and oxygen atoms in total. The van der Waals surface area contributed by atoms with Crippen molar-refractivity contribution in [3.05, 3.63) is 156 Å². The van der Waals surface area contributed by atoms with Crippen molar-refractivity contribution in [1.82, 2.24) is 87.6 Å². The van der Waals surface area contributed by atoms with Crippen LogP contribution in [0.2, 0.25) is 20.6 Å². The first-order valence-electron chi connectivity index (χ1n) is 23.6. The monoisotopic (exact) mass is 1290 g/mol. The molecule has 0 radical (unpaired) electrons. The second-order valence-electron chi connectivity index (χ2n) is 17.3. The maximum atomic E-state index is 10.3. The van der Waals surface area contributed by atoms with E-state index in [2.05, 4.69) is 96.7 Å². The highest BCUT2D eigenvalue weighted by Crippen LogP contribution is 2.18. The Morgan fingerprint density at radius 1 is 0.519 bits per heavy atom. The molecular weight excluding hydrogens is 1230 g/mol. The molecule has 0 fully saturated rings. The Labute approximate surface area is 498 Å². The standard InChI is InChI=1S/C6H9BrN2.2C6H9ClN2.C6H9N3O2.C6H7N3.C5H7BrN2.2C5H7ClN2.C5H5N3/c1-4-6(7)9(3)5(2)8-4;1-4-6(7)8-5(2)9(4)3;1-4-6(7)9(3)5(2)8-4;1-4-6(9(10)11)7-5(2)8(4)3;1-5-6(3-7)8-4-9(5)2;3*1-3-5(6)8-4(2)7-3;1-4-5(2-6)8-3-7-4/h3*1-3H3;1-3H3;4H,1-2H3;3*1-2H3,(H,7,8);3H,1H3,(H,7,8). The third-order valence-electron chi connectivity index (χ3n) is 11.2. The highest BCUT2D eigenvalue weighted by molar-refractivity contribution is 9.10. The summed E-state index contributed by atoms with van der Waals surface area (Å²) in [5.41, 5.74) is 9.25. The summed E-state index contributed by atoms with van der Waals surface area (Å²) in [4.78, 5) is 57.3. The minimum Gasteiger partial charge on any atom is -0.358 e. The lowest BCUT2D eigenvalue weighted by atomic mass is 10.4. The molecule has 9 rings (SSSR count). The first-order valence-corrected chi connectivity index (χ1v) is 26.7. The number of hydrogen-bond donors (Lipinski definition) is 4. The number of halogens is 6. The van der Waals surface area contributed by atoms with Crippen LogP contribution in [0.1, 0.15) is 103 Å². The quantitative estimate of drug-likeness (QED) is 0.0879. The summed E-state index contributed by atoms with van der Waals surface area (Å²) in [5.74, 6) is 6.25. The van der Waals surface area contributed by atoms with E-state index in [4.69, 9.17) is 56.9 Å². The molecule has 0 spiro atoms. The Hall–Kier alpha value is -6.61. The first kappa shape index (κ1) is 70.4. The highest BCUT2D eigenvalue weighted by Gasteiger charge is 2.19. The first-order chi connectivity index (χ1) is 36.6. The second-order valence-corrected chi connectivity index (χ2v) is 20.2. The molecule has 4 N–H and O–H groups in total. The maximum Gasteiger partial charge on any atom is 0.384 e. The lowest BCUT2D eigenvalue weighted by Crippen LogP contribution is -1.94. The maximum absolute atomic E-state index is 10.3. The molecule has 0 saturated heterocycles. The van der Waals surface area contributed by atoms with E-state index in [-0.39, 0.29) is 5.82 Å². The summed E-state index contributed by atoms with van der Waals surface area (Å²) in [5, 5.41) is 29.5. The summed E-state index contributed by atoms with van der Waals surface area (Å²) < 4.78 is 11.3. The van der Waals surface area contributed by atoms with Crippen molar-refractivity contribution in [3.63, 3.8) is 0 Å². The van der Waals surface area contributed by atoms with E-state index >= 15 is 0 Å². The predicted octanol–water partition coefficient (Wildman–Crippen LogP) is 12.5. The number of hydrogen-bond acceptors (Lipinski definition) is 13. The predicted molar refractivity (Wildman–Crippen MR) is 318 cm³/mol. The SMILES string of the molecule is Cc1[nH]cnc1C#N.Cc1c(C#N)ncn1C.Cc1nc(Br)c(C)[nH]1.Cc1nc(C)n(C)c1Br.Cc1nc(C)n(C)c1Cl.Cc1nc(Cl)c(C)[nH]1.Cc1nc(Cl)c(C)[nH]1.Cc1nc(Cl)c(C)n1C.Cc1nc([N+](=O)[O-])c(C)n1C. The lowest BCUT2D eigenvalue weighted by Gasteiger charge is -1.94. The van der Waals surface area contributed by atoms with Gasteiger partial charge >= 0.3 is 5.82 Å². The molecule has 428 valence electrons. The molecule has 0 saturated carbocycles. The van der Waals surface area contributed by atoms with Crippen molar-refractivity contribution >= 4 is 84.1 Å². The minimum atomic E-state index is -0.470.